The van der Waals surface area contributed by atoms with Crippen molar-refractivity contribution in [2.24, 2.45) is 11.8 Å². The topological polar surface area (TPSA) is 117 Å². The van der Waals surface area contributed by atoms with Crippen LogP contribution >= 0.6 is 0 Å². The van der Waals surface area contributed by atoms with Gasteiger partial charge < -0.3 is 19.9 Å². The highest BCUT2D eigenvalue weighted by Crippen LogP contribution is 2.54. The molecule has 2 aromatic rings. The molecule has 3 N–H and O–H groups in total. The van der Waals surface area contributed by atoms with Gasteiger partial charge >= 0.3 is 0 Å². The van der Waals surface area contributed by atoms with Crippen LogP contribution in [0.5, 0.6) is 11.5 Å². The number of fused-ring (bicyclic) bond motifs is 5. The first-order valence-corrected chi connectivity index (χ1v) is 11.5. The third-order valence-electron chi connectivity index (χ3n) is 7.54. The van der Waals surface area contributed by atoms with E-state index in [1.807, 2.05) is 25.1 Å². The molecule has 3 amide bonds. The number of likely N-dealkylation sites (tertiary alicyclic amines) is 1. The van der Waals surface area contributed by atoms with Crippen LogP contribution in [0.2, 0.25) is 0 Å². The van der Waals surface area contributed by atoms with Gasteiger partial charge in [0, 0.05) is 17.3 Å². The third-order valence-corrected chi connectivity index (χ3v) is 7.54. The number of nitrogens with zero attached hydrogens (tertiary/aromatic N) is 1. The summed E-state index contributed by atoms with van der Waals surface area (Å²) in [7, 11) is 0. The standard InChI is InChI=1S/C25H25N3O6/c1-3-14-5-4-6-15-21(14)26-24(32)25(15)19-18(20(27-25)12(2)29)22(30)28(23(19)31)10-13-7-8-16-17(9-13)34-11-33-16/h4-9,12,18-20,27,29H,3,10-11H2,1-2H3,(H,26,32). The molecule has 0 bridgehead atoms. The number of ether oxygens (including phenoxy) is 2. The number of imide groups is 1. The Kier molecular flexibility index (Phi) is 4.53. The van der Waals surface area contributed by atoms with Crippen molar-refractivity contribution in [1.29, 1.82) is 0 Å². The molecule has 0 aliphatic carbocycles. The number of amides is 3. The Morgan fingerprint density at radius 1 is 1.15 bits per heavy atom. The normalized spacial score (nSPS) is 29.6. The number of hydrogen-bond donors (Lipinski definition) is 3. The molecule has 9 heteroatoms. The van der Waals surface area contributed by atoms with Crippen molar-refractivity contribution in [2.75, 3.05) is 12.1 Å². The van der Waals surface area contributed by atoms with E-state index >= 15 is 0 Å². The number of aliphatic hydroxyl groups is 1. The van der Waals surface area contributed by atoms with Gasteiger partial charge in [-0.25, -0.2) is 0 Å². The molecule has 4 heterocycles. The lowest BCUT2D eigenvalue weighted by Crippen LogP contribution is -2.54. The average molecular weight is 463 g/mol. The minimum Gasteiger partial charge on any atom is -0.454 e. The maximum absolute atomic E-state index is 13.8. The number of rotatable bonds is 4. The van der Waals surface area contributed by atoms with E-state index in [0.717, 1.165) is 5.56 Å². The molecule has 176 valence electrons. The predicted octanol–water partition coefficient (Wildman–Crippen LogP) is 1.28. The van der Waals surface area contributed by atoms with E-state index in [4.69, 9.17) is 9.47 Å². The van der Waals surface area contributed by atoms with E-state index in [2.05, 4.69) is 10.6 Å². The van der Waals surface area contributed by atoms with Crippen molar-refractivity contribution in [3.05, 3.63) is 53.1 Å². The lowest BCUT2D eigenvalue weighted by Gasteiger charge is -2.30. The zero-order chi connectivity index (χ0) is 23.8. The molecule has 4 aliphatic heterocycles. The van der Waals surface area contributed by atoms with E-state index in [9.17, 15) is 19.5 Å². The third kappa shape index (κ3) is 2.65. The summed E-state index contributed by atoms with van der Waals surface area (Å²) in [6.45, 7) is 3.74. The maximum atomic E-state index is 13.8. The molecule has 4 aliphatic rings. The molecule has 6 rings (SSSR count). The number of anilines is 1. The van der Waals surface area contributed by atoms with Crippen LogP contribution in [-0.4, -0.2) is 46.7 Å². The van der Waals surface area contributed by atoms with Crippen LogP contribution in [0.3, 0.4) is 0 Å². The zero-order valence-corrected chi connectivity index (χ0v) is 18.8. The molecule has 2 fully saturated rings. The largest absolute Gasteiger partial charge is 0.454 e. The molecular weight excluding hydrogens is 438 g/mol. The van der Waals surface area contributed by atoms with E-state index in [0.29, 0.717) is 34.7 Å². The summed E-state index contributed by atoms with van der Waals surface area (Å²) >= 11 is 0. The summed E-state index contributed by atoms with van der Waals surface area (Å²) in [6, 6.07) is 10.2. The van der Waals surface area contributed by atoms with Crippen LogP contribution in [0, 0.1) is 11.8 Å². The SMILES string of the molecule is CCc1cccc2c1NC(=O)C21NC(C(C)O)C2C(=O)N(Cc3ccc4c(c3)OCO4)C(=O)C21. The summed E-state index contributed by atoms with van der Waals surface area (Å²) in [4.78, 5) is 42.1. The molecular formula is C25H25N3O6. The molecule has 0 aromatic heterocycles. The smallest absolute Gasteiger partial charge is 0.250 e. The second-order valence-corrected chi connectivity index (χ2v) is 9.32. The second kappa shape index (κ2) is 7.28. The lowest BCUT2D eigenvalue weighted by molar-refractivity contribution is -0.143. The number of carbonyl (C=O) groups excluding carboxylic acids is 3. The highest BCUT2D eigenvalue weighted by atomic mass is 16.7. The number of benzene rings is 2. The van der Waals surface area contributed by atoms with Gasteiger partial charge in [-0.15, -0.1) is 0 Å². The second-order valence-electron chi connectivity index (χ2n) is 9.32. The van der Waals surface area contributed by atoms with Crippen LogP contribution in [0.25, 0.3) is 0 Å². The monoisotopic (exact) mass is 463 g/mol. The lowest BCUT2D eigenvalue weighted by atomic mass is 9.76. The summed E-state index contributed by atoms with van der Waals surface area (Å²) < 4.78 is 10.8. The van der Waals surface area contributed by atoms with Crippen molar-refractivity contribution in [2.45, 2.75) is 44.5 Å². The minimum atomic E-state index is -1.41. The van der Waals surface area contributed by atoms with Gasteiger partial charge in [-0.3, -0.25) is 24.6 Å². The minimum absolute atomic E-state index is 0.0490. The maximum Gasteiger partial charge on any atom is 0.250 e. The fraction of sp³-hybridized carbons (Fsp3) is 0.400. The molecule has 5 unspecified atom stereocenters. The molecule has 1 spiro atoms. The summed E-state index contributed by atoms with van der Waals surface area (Å²) in [5.41, 5.74) is 1.59. The number of aryl methyl sites for hydroxylation is 1. The predicted molar refractivity (Wildman–Crippen MR) is 120 cm³/mol. The Bertz CT molecular complexity index is 1240. The van der Waals surface area contributed by atoms with Gasteiger partial charge in [0.15, 0.2) is 11.5 Å². The van der Waals surface area contributed by atoms with E-state index in [1.165, 1.54) is 4.90 Å². The van der Waals surface area contributed by atoms with Crippen LogP contribution < -0.4 is 20.1 Å². The molecule has 34 heavy (non-hydrogen) atoms. The van der Waals surface area contributed by atoms with Gasteiger partial charge in [-0.05, 0) is 36.6 Å². The van der Waals surface area contributed by atoms with Gasteiger partial charge in [0.1, 0.15) is 5.54 Å². The van der Waals surface area contributed by atoms with Crippen LogP contribution in [0.1, 0.15) is 30.5 Å². The number of hydrogen-bond acceptors (Lipinski definition) is 7. The molecule has 9 nitrogen and oxygen atoms in total. The molecule has 2 aromatic carbocycles. The summed E-state index contributed by atoms with van der Waals surface area (Å²) in [6.07, 6.45) is -0.239. The Balaban J connectivity index is 1.43. The zero-order valence-electron chi connectivity index (χ0n) is 18.8. The fourth-order valence-electron chi connectivity index (χ4n) is 5.97. The Hall–Kier alpha value is -3.43. The van der Waals surface area contributed by atoms with Gasteiger partial charge in [-0.2, -0.15) is 0 Å². The fourth-order valence-corrected chi connectivity index (χ4v) is 5.97. The van der Waals surface area contributed by atoms with Gasteiger partial charge in [0.05, 0.1) is 24.5 Å². The Labute approximate surface area is 196 Å². The van der Waals surface area contributed by atoms with Crippen molar-refractivity contribution in [3.8, 4) is 11.5 Å². The van der Waals surface area contributed by atoms with Crippen molar-refractivity contribution < 1.29 is 29.0 Å². The molecule has 0 saturated carbocycles. The van der Waals surface area contributed by atoms with Crippen LogP contribution in [-0.2, 0) is 32.9 Å². The first-order chi connectivity index (χ1) is 16.4. The molecule has 2 saturated heterocycles. The Morgan fingerprint density at radius 3 is 2.71 bits per heavy atom. The number of nitrogens with one attached hydrogen (secondary N) is 2. The quantitative estimate of drug-likeness (QED) is 0.585. The highest BCUT2D eigenvalue weighted by Gasteiger charge is 2.71. The van der Waals surface area contributed by atoms with E-state index < -0.39 is 41.3 Å². The van der Waals surface area contributed by atoms with Crippen molar-refractivity contribution in [1.82, 2.24) is 10.2 Å². The summed E-state index contributed by atoms with van der Waals surface area (Å²) in [5.74, 6) is -1.82. The summed E-state index contributed by atoms with van der Waals surface area (Å²) in [5, 5.41) is 16.7. The van der Waals surface area contributed by atoms with Gasteiger partial charge in [0.2, 0.25) is 24.5 Å². The van der Waals surface area contributed by atoms with Gasteiger partial charge in [0.25, 0.3) is 0 Å². The molecule has 0 radical (unpaired) electrons. The number of aliphatic hydroxyl groups excluding tert-OH is 1. The highest BCUT2D eigenvalue weighted by molar-refractivity contribution is 6.15. The van der Waals surface area contributed by atoms with E-state index in [-0.39, 0.29) is 19.2 Å². The first kappa shape index (κ1) is 21.1. The van der Waals surface area contributed by atoms with Crippen LogP contribution in [0.4, 0.5) is 5.69 Å². The molecule has 5 atom stereocenters. The van der Waals surface area contributed by atoms with Crippen molar-refractivity contribution in [3.63, 3.8) is 0 Å². The van der Waals surface area contributed by atoms with Gasteiger partial charge in [-0.1, -0.05) is 31.2 Å². The first-order valence-electron chi connectivity index (χ1n) is 11.5. The van der Waals surface area contributed by atoms with Crippen molar-refractivity contribution >= 4 is 23.4 Å². The van der Waals surface area contributed by atoms with E-state index in [1.54, 1.807) is 25.1 Å². The Morgan fingerprint density at radius 2 is 1.94 bits per heavy atom. The van der Waals surface area contributed by atoms with Crippen LogP contribution in [0.15, 0.2) is 36.4 Å². The number of carbonyl (C=O) groups is 3. The number of para-hydroxylation sites is 1. The average Bonchev–Trinajstić information content (AvgIpc) is 3.55.